The van der Waals surface area contributed by atoms with Crippen LogP contribution in [0.5, 0.6) is 11.6 Å². The minimum absolute atomic E-state index is 0.338. The Bertz CT molecular complexity index is 528. The summed E-state index contributed by atoms with van der Waals surface area (Å²) < 4.78 is 18.6. The van der Waals surface area contributed by atoms with Gasteiger partial charge in [0.2, 0.25) is 5.88 Å². The zero-order valence-corrected chi connectivity index (χ0v) is 10.3. The molecule has 1 aromatic carbocycles. The number of ether oxygens (including phenoxy) is 1. The van der Waals surface area contributed by atoms with E-state index in [4.69, 9.17) is 4.74 Å². The molecule has 2 rings (SSSR count). The molecule has 18 heavy (non-hydrogen) atoms. The van der Waals surface area contributed by atoms with E-state index in [9.17, 15) is 4.39 Å². The molecule has 0 unspecified atom stereocenters. The molecular formula is C13H14FN3O. The third-order valence-electron chi connectivity index (χ3n) is 2.40. The van der Waals surface area contributed by atoms with E-state index >= 15 is 0 Å². The molecule has 0 atom stereocenters. The molecule has 5 heteroatoms. The maximum absolute atomic E-state index is 13.1. The largest absolute Gasteiger partial charge is 0.437 e. The molecule has 0 aliphatic rings. The first-order valence-electron chi connectivity index (χ1n) is 5.58. The SMILES string of the molecule is CNCc1cnc(Oc2cc(F)ccc2C)cn1. The lowest BCUT2D eigenvalue weighted by molar-refractivity contribution is 0.451. The standard InChI is InChI=1S/C13H14FN3O/c1-9-3-4-10(14)5-12(9)18-13-8-16-11(6-15-2)7-17-13/h3-5,7-8,15H,6H2,1-2H3. The summed E-state index contributed by atoms with van der Waals surface area (Å²) in [6.45, 7) is 2.49. The van der Waals surface area contributed by atoms with E-state index in [-0.39, 0.29) is 5.82 Å². The number of nitrogens with one attached hydrogen (secondary N) is 1. The second-order valence-electron chi connectivity index (χ2n) is 3.89. The summed E-state index contributed by atoms with van der Waals surface area (Å²) in [5.74, 6) is 0.463. The van der Waals surface area contributed by atoms with Gasteiger partial charge in [0.15, 0.2) is 0 Å². The van der Waals surface area contributed by atoms with Crippen molar-refractivity contribution < 1.29 is 9.13 Å². The van der Waals surface area contributed by atoms with E-state index in [1.54, 1.807) is 12.3 Å². The highest BCUT2D eigenvalue weighted by Crippen LogP contribution is 2.23. The molecule has 0 spiro atoms. The van der Waals surface area contributed by atoms with E-state index in [1.165, 1.54) is 18.3 Å². The van der Waals surface area contributed by atoms with Crippen molar-refractivity contribution in [3.63, 3.8) is 0 Å². The fraction of sp³-hybridized carbons (Fsp3) is 0.231. The van der Waals surface area contributed by atoms with Gasteiger partial charge in [0.05, 0.1) is 18.1 Å². The molecule has 1 aromatic heterocycles. The highest BCUT2D eigenvalue weighted by Gasteiger charge is 2.04. The van der Waals surface area contributed by atoms with Crippen LogP contribution in [0, 0.1) is 12.7 Å². The maximum atomic E-state index is 13.1. The Morgan fingerprint density at radius 2 is 2.11 bits per heavy atom. The number of aryl methyl sites for hydroxylation is 1. The van der Waals surface area contributed by atoms with Gasteiger partial charge in [0, 0.05) is 12.6 Å². The number of aromatic nitrogens is 2. The molecule has 0 saturated carbocycles. The topological polar surface area (TPSA) is 47.0 Å². The molecule has 4 nitrogen and oxygen atoms in total. The Kier molecular flexibility index (Phi) is 3.84. The zero-order valence-electron chi connectivity index (χ0n) is 10.3. The lowest BCUT2D eigenvalue weighted by Gasteiger charge is -2.07. The Balaban J connectivity index is 2.15. The quantitative estimate of drug-likeness (QED) is 0.901. The number of nitrogens with zero attached hydrogens (tertiary/aromatic N) is 2. The average molecular weight is 247 g/mol. The van der Waals surface area contributed by atoms with Crippen LogP contribution < -0.4 is 10.1 Å². The van der Waals surface area contributed by atoms with Crippen molar-refractivity contribution in [1.82, 2.24) is 15.3 Å². The molecule has 0 radical (unpaired) electrons. The predicted octanol–water partition coefficient (Wildman–Crippen LogP) is 2.44. The van der Waals surface area contributed by atoms with Crippen LogP contribution in [-0.2, 0) is 6.54 Å². The first-order chi connectivity index (χ1) is 8.69. The van der Waals surface area contributed by atoms with Crippen molar-refractivity contribution in [3.05, 3.63) is 47.7 Å². The summed E-state index contributed by atoms with van der Waals surface area (Å²) in [4.78, 5) is 8.29. The lowest BCUT2D eigenvalue weighted by Crippen LogP contribution is -2.07. The van der Waals surface area contributed by atoms with Gasteiger partial charge in [-0.25, -0.2) is 9.37 Å². The van der Waals surface area contributed by atoms with Crippen LogP contribution in [0.15, 0.2) is 30.6 Å². The van der Waals surface area contributed by atoms with E-state index in [1.807, 2.05) is 14.0 Å². The zero-order chi connectivity index (χ0) is 13.0. The monoisotopic (exact) mass is 247 g/mol. The Morgan fingerprint density at radius 3 is 2.78 bits per heavy atom. The predicted molar refractivity (Wildman–Crippen MR) is 66.0 cm³/mol. The molecule has 0 amide bonds. The van der Waals surface area contributed by atoms with Crippen molar-refractivity contribution in [2.45, 2.75) is 13.5 Å². The van der Waals surface area contributed by atoms with E-state index in [0.717, 1.165) is 11.3 Å². The number of benzene rings is 1. The molecule has 0 saturated heterocycles. The molecule has 2 aromatic rings. The minimum atomic E-state index is -0.338. The van der Waals surface area contributed by atoms with Crippen LogP contribution in [-0.4, -0.2) is 17.0 Å². The number of halogens is 1. The van der Waals surface area contributed by atoms with Gasteiger partial charge in [0.25, 0.3) is 0 Å². The first kappa shape index (κ1) is 12.4. The fourth-order valence-corrected chi connectivity index (χ4v) is 1.46. The van der Waals surface area contributed by atoms with Gasteiger partial charge in [-0.15, -0.1) is 0 Å². The number of hydrogen-bond donors (Lipinski definition) is 1. The first-order valence-corrected chi connectivity index (χ1v) is 5.58. The molecular weight excluding hydrogens is 233 g/mol. The van der Waals surface area contributed by atoms with Crippen molar-refractivity contribution in [3.8, 4) is 11.6 Å². The van der Waals surface area contributed by atoms with E-state index in [0.29, 0.717) is 18.2 Å². The van der Waals surface area contributed by atoms with E-state index in [2.05, 4.69) is 15.3 Å². The molecule has 0 bridgehead atoms. The summed E-state index contributed by atoms with van der Waals surface area (Å²) in [5, 5.41) is 2.98. The summed E-state index contributed by atoms with van der Waals surface area (Å²) in [7, 11) is 1.84. The molecule has 1 heterocycles. The molecule has 0 aliphatic carbocycles. The summed E-state index contributed by atoms with van der Waals surface area (Å²) in [5.41, 5.74) is 1.67. The second kappa shape index (κ2) is 5.55. The van der Waals surface area contributed by atoms with Crippen molar-refractivity contribution in [1.29, 1.82) is 0 Å². The average Bonchev–Trinajstić information content (AvgIpc) is 2.37. The van der Waals surface area contributed by atoms with Gasteiger partial charge in [-0.1, -0.05) is 6.07 Å². The van der Waals surface area contributed by atoms with Gasteiger partial charge in [-0.05, 0) is 25.6 Å². The summed E-state index contributed by atoms with van der Waals surface area (Å²) in [6, 6.07) is 4.38. The summed E-state index contributed by atoms with van der Waals surface area (Å²) >= 11 is 0. The fourth-order valence-electron chi connectivity index (χ4n) is 1.46. The molecule has 0 fully saturated rings. The Morgan fingerprint density at radius 1 is 1.28 bits per heavy atom. The van der Waals surface area contributed by atoms with Gasteiger partial charge >= 0.3 is 0 Å². The lowest BCUT2D eigenvalue weighted by atomic mass is 10.2. The third kappa shape index (κ3) is 3.01. The van der Waals surface area contributed by atoms with E-state index < -0.39 is 0 Å². The highest BCUT2D eigenvalue weighted by atomic mass is 19.1. The van der Waals surface area contributed by atoms with Crippen molar-refractivity contribution in [2.24, 2.45) is 0 Å². The summed E-state index contributed by atoms with van der Waals surface area (Å²) in [6.07, 6.45) is 3.15. The number of rotatable bonds is 4. The smallest absolute Gasteiger partial charge is 0.237 e. The molecule has 1 N–H and O–H groups in total. The third-order valence-corrected chi connectivity index (χ3v) is 2.40. The van der Waals surface area contributed by atoms with Crippen molar-refractivity contribution in [2.75, 3.05) is 7.05 Å². The van der Waals surface area contributed by atoms with Crippen LogP contribution in [0.4, 0.5) is 4.39 Å². The maximum Gasteiger partial charge on any atom is 0.237 e. The molecule has 0 aliphatic heterocycles. The van der Waals surface area contributed by atoms with Gasteiger partial charge in [0.1, 0.15) is 11.6 Å². The highest BCUT2D eigenvalue weighted by molar-refractivity contribution is 5.35. The van der Waals surface area contributed by atoms with Gasteiger partial charge in [-0.3, -0.25) is 4.98 Å². The van der Waals surface area contributed by atoms with Crippen LogP contribution in [0.1, 0.15) is 11.3 Å². The molecule has 94 valence electrons. The Hall–Kier alpha value is -2.01. The van der Waals surface area contributed by atoms with Gasteiger partial charge in [-0.2, -0.15) is 0 Å². The van der Waals surface area contributed by atoms with Crippen LogP contribution in [0.2, 0.25) is 0 Å². The van der Waals surface area contributed by atoms with Gasteiger partial charge < -0.3 is 10.1 Å². The van der Waals surface area contributed by atoms with Crippen molar-refractivity contribution >= 4 is 0 Å². The van der Waals surface area contributed by atoms with Crippen LogP contribution in [0.3, 0.4) is 0 Å². The Labute approximate surface area is 105 Å². The normalized spacial score (nSPS) is 10.4. The second-order valence-corrected chi connectivity index (χ2v) is 3.89. The number of hydrogen-bond acceptors (Lipinski definition) is 4. The minimum Gasteiger partial charge on any atom is -0.437 e. The van der Waals surface area contributed by atoms with Crippen LogP contribution in [0.25, 0.3) is 0 Å². The van der Waals surface area contributed by atoms with Crippen LogP contribution >= 0.6 is 0 Å².